The Morgan fingerprint density at radius 3 is 2.39 bits per heavy atom. The number of benzene rings is 2. The molecule has 1 amide bonds. The maximum Gasteiger partial charge on any atom is 0.247 e. The highest BCUT2D eigenvalue weighted by atomic mass is 32.2. The summed E-state index contributed by atoms with van der Waals surface area (Å²) < 4.78 is 29.0. The molecule has 3 rings (SSSR count). The summed E-state index contributed by atoms with van der Waals surface area (Å²) in [6.07, 6.45) is 3.74. The lowest BCUT2D eigenvalue weighted by molar-refractivity contribution is -0.128. The second-order valence-electron chi connectivity index (χ2n) is 7.12. The van der Waals surface area contributed by atoms with Crippen molar-refractivity contribution in [2.75, 3.05) is 18.6 Å². The SMILES string of the molecule is COc1ccc(/C=C/C(=O)N(Cc2ccc(C)cc2)C2CCS(=O)(=O)C2)cc1. The van der Waals surface area contributed by atoms with Crippen molar-refractivity contribution in [3.8, 4) is 5.75 Å². The Kier molecular flexibility index (Phi) is 6.19. The van der Waals surface area contributed by atoms with Crippen LogP contribution in [-0.4, -0.2) is 43.9 Å². The van der Waals surface area contributed by atoms with E-state index < -0.39 is 9.84 Å². The Morgan fingerprint density at radius 1 is 1.14 bits per heavy atom. The van der Waals surface area contributed by atoms with Crippen LogP contribution in [0.15, 0.2) is 54.6 Å². The van der Waals surface area contributed by atoms with Crippen molar-refractivity contribution in [2.24, 2.45) is 0 Å². The lowest BCUT2D eigenvalue weighted by Gasteiger charge is -2.27. The van der Waals surface area contributed by atoms with Gasteiger partial charge in [0, 0.05) is 18.7 Å². The highest BCUT2D eigenvalue weighted by molar-refractivity contribution is 7.91. The minimum atomic E-state index is -3.08. The van der Waals surface area contributed by atoms with E-state index in [2.05, 4.69) is 0 Å². The molecule has 1 unspecified atom stereocenters. The average Bonchev–Trinajstić information content (AvgIpc) is 3.05. The largest absolute Gasteiger partial charge is 0.497 e. The molecule has 148 valence electrons. The summed E-state index contributed by atoms with van der Waals surface area (Å²) in [5.74, 6) is 0.734. The number of methoxy groups -OCH3 is 1. The third-order valence-corrected chi connectivity index (χ3v) is 6.69. The predicted molar refractivity (Wildman–Crippen MR) is 111 cm³/mol. The zero-order valence-corrected chi connectivity index (χ0v) is 17.0. The molecule has 2 aromatic carbocycles. The van der Waals surface area contributed by atoms with E-state index in [0.717, 1.165) is 22.4 Å². The molecule has 1 aliphatic heterocycles. The number of aryl methyl sites for hydroxylation is 1. The summed E-state index contributed by atoms with van der Waals surface area (Å²) in [5, 5.41) is 0. The number of sulfone groups is 1. The fourth-order valence-corrected chi connectivity index (χ4v) is 5.01. The minimum Gasteiger partial charge on any atom is -0.497 e. The van der Waals surface area contributed by atoms with Gasteiger partial charge in [-0.25, -0.2) is 8.42 Å². The number of hydrogen-bond donors (Lipinski definition) is 0. The Bertz CT molecular complexity index is 947. The Balaban J connectivity index is 1.79. The second kappa shape index (κ2) is 8.61. The average molecular weight is 400 g/mol. The smallest absolute Gasteiger partial charge is 0.247 e. The van der Waals surface area contributed by atoms with E-state index in [9.17, 15) is 13.2 Å². The van der Waals surface area contributed by atoms with Gasteiger partial charge < -0.3 is 9.64 Å². The standard InChI is InChI=1S/C22H25NO4S/c1-17-3-5-19(6-4-17)15-23(20-13-14-28(25,26)16-20)22(24)12-9-18-7-10-21(27-2)11-8-18/h3-12,20H,13-16H2,1-2H3/b12-9+. The number of amides is 1. The highest BCUT2D eigenvalue weighted by Gasteiger charge is 2.34. The van der Waals surface area contributed by atoms with Crippen molar-refractivity contribution in [1.29, 1.82) is 0 Å². The van der Waals surface area contributed by atoms with Gasteiger partial charge in [-0.3, -0.25) is 4.79 Å². The van der Waals surface area contributed by atoms with Gasteiger partial charge in [0.1, 0.15) is 5.75 Å². The van der Waals surface area contributed by atoms with E-state index >= 15 is 0 Å². The highest BCUT2D eigenvalue weighted by Crippen LogP contribution is 2.21. The summed E-state index contributed by atoms with van der Waals surface area (Å²) >= 11 is 0. The van der Waals surface area contributed by atoms with Gasteiger partial charge >= 0.3 is 0 Å². The molecular weight excluding hydrogens is 374 g/mol. The minimum absolute atomic E-state index is 0.0287. The Hall–Kier alpha value is -2.60. The van der Waals surface area contributed by atoms with Gasteiger partial charge in [-0.05, 0) is 42.7 Å². The van der Waals surface area contributed by atoms with Crippen LogP contribution in [-0.2, 0) is 21.2 Å². The number of hydrogen-bond acceptors (Lipinski definition) is 4. The molecule has 0 N–H and O–H groups in total. The van der Waals surface area contributed by atoms with Crippen molar-refractivity contribution < 1.29 is 17.9 Å². The van der Waals surface area contributed by atoms with E-state index in [1.54, 1.807) is 18.1 Å². The van der Waals surface area contributed by atoms with Crippen molar-refractivity contribution in [3.05, 3.63) is 71.3 Å². The molecule has 0 spiro atoms. The first-order valence-corrected chi connectivity index (χ1v) is 11.1. The molecule has 1 atom stereocenters. The third-order valence-electron chi connectivity index (χ3n) is 4.94. The Morgan fingerprint density at radius 2 is 1.82 bits per heavy atom. The lowest BCUT2D eigenvalue weighted by atomic mass is 10.1. The van der Waals surface area contributed by atoms with Crippen LogP contribution in [0.25, 0.3) is 6.08 Å². The van der Waals surface area contributed by atoms with Gasteiger partial charge in [0.2, 0.25) is 5.91 Å². The molecule has 1 fully saturated rings. The topological polar surface area (TPSA) is 63.7 Å². The van der Waals surface area contributed by atoms with Gasteiger partial charge in [-0.1, -0.05) is 42.0 Å². The zero-order valence-electron chi connectivity index (χ0n) is 16.2. The quantitative estimate of drug-likeness (QED) is 0.700. The first kappa shape index (κ1) is 20.1. The first-order chi connectivity index (χ1) is 13.4. The van der Waals surface area contributed by atoms with Gasteiger partial charge in [0.15, 0.2) is 9.84 Å². The van der Waals surface area contributed by atoms with Crippen LogP contribution in [0.1, 0.15) is 23.1 Å². The maximum absolute atomic E-state index is 12.9. The molecule has 0 bridgehead atoms. The predicted octanol–water partition coefficient (Wildman–Crippen LogP) is 3.23. The van der Waals surface area contributed by atoms with E-state index in [0.29, 0.717) is 13.0 Å². The van der Waals surface area contributed by atoms with E-state index in [-0.39, 0.29) is 23.5 Å². The number of nitrogens with zero attached hydrogens (tertiary/aromatic N) is 1. The maximum atomic E-state index is 12.9. The monoisotopic (exact) mass is 399 g/mol. The molecule has 28 heavy (non-hydrogen) atoms. The molecule has 6 heteroatoms. The van der Waals surface area contributed by atoms with Crippen LogP contribution < -0.4 is 4.74 Å². The van der Waals surface area contributed by atoms with Crippen LogP contribution in [0, 0.1) is 6.92 Å². The van der Waals surface area contributed by atoms with Gasteiger partial charge in [-0.2, -0.15) is 0 Å². The third kappa shape index (κ3) is 5.23. The van der Waals surface area contributed by atoms with Crippen LogP contribution in [0.2, 0.25) is 0 Å². The van der Waals surface area contributed by atoms with Crippen LogP contribution in [0.4, 0.5) is 0 Å². The summed E-state index contributed by atoms with van der Waals surface area (Å²) in [6.45, 7) is 2.40. The van der Waals surface area contributed by atoms with Gasteiger partial charge in [0.05, 0.1) is 18.6 Å². The van der Waals surface area contributed by atoms with E-state index in [1.807, 2.05) is 55.5 Å². The molecule has 0 aliphatic carbocycles. The van der Waals surface area contributed by atoms with Crippen molar-refractivity contribution in [2.45, 2.75) is 25.9 Å². The molecular formula is C22H25NO4S. The molecule has 0 saturated carbocycles. The van der Waals surface area contributed by atoms with Crippen molar-refractivity contribution >= 4 is 21.8 Å². The molecule has 5 nitrogen and oxygen atoms in total. The fourth-order valence-electron chi connectivity index (χ4n) is 3.28. The zero-order chi connectivity index (χ0) is 20.1. The van der Waals surface area contributed by atoms with Gasteiger partial charge in [-0.15, -0.1) is 0 Å². The number of carbonyl (C=O) groups is 1. The van der Waals surface area contributed by atoms with Crippen molar-refractivity contribution in [1.82, 2.24) is 4.90 Å². The molecule has 1 saturated heterocycles. The molecule has 2 aromatic rings. The first-order valence-electron chi connectivity index (χ1n) is 9.25. The van der Waals surface area contributed by atoms with Gasteiger partial charge in [0.25, 0.3) is 0 Å². The molecule has 0 radical (unpaired) electrons. The lowest BCUT2D eigenvalue weighted by Crippen LogP contribution is -2.39. The van der Waals surface area contributed by atoms with Crippen molar-refractivity contribution in [3.63, 3.8) is 0 Å². The molecule has 1 heterocycles. The van der Waals surface area contributed by atoms with Crippen LogP contribution in [0.5, 0.6) is 5.75 Å². The Labute approximate surface area is 166 Å². The number of carbonyl (C=O) groups excluding carboxylic acids is 1. The fraction of sp³-hybridized carbons (Fsp3) is 0.318. The van der Waals surface area contributed by atoms with Crippen LogP contribution >= 0.6 is 0 Å². The molecule has 1 aliphatic rings. The van der Waals surface area contributed by atoms with E-state index in [1.165, 1.54) is 6.08 Å². The molecule has 0 aromatic heterocycles. The number of ether oxygens (including phenoxy) is 1. The summed E-state index contributed by atoms with van der Waals surface area (Å²) in [6, 6.07) is 15.1. The normalized spacial score (nSPS) is 18.3. The second-order valence-corrected chi connectivity index (χ2v) is 9.34. The van der Waals surface area contributed by atoms with E-state index in [4.69, 9.17) is 4.74 Å². The summed E-state index contributed by atoms with van der Waals surface area (Å²) in [7, 11) is -1.48. The number of rotatable bonds is 6. The van der Waals surface area contributed by atoms with Crippen LogP contribution in [0.3, 0.4) is 0 Å². The summed E-state index contributed by atoms with van der Waals surface area (Å²) in [4.78, 5) is 14.6. The summed E-state index contributed by atoms with van der Waals surface area (Å²) in [5.41, 5.74) is 3.01.